The molecule has 0 aliphatic heterocycles. The van der Waals surface area contributed by atoms with Gasteiger partial charge in [-0.15, -0.1) is 0 Å². The van der Waals surface area contributed by atoms with Crippen LogP contribution in [0.25, 0.3) is 0 Å². The first-order valence-corrected chi connectivity index (χ1v) is 7.77. The summed E-state index contributed by atoms with van der Waals surface area (Å²) in [5, 5.41) is 0. The second kappa shape index (κ2) is 10.2. The summed E-state index contributed by atoms with van der Waals surface area (Å²) in [6.45, 7) is 10.1. The summed E-state index contributed by atoms with van der Waals surface area (Å²) in [5.74, 6) is 0.438. The first kappa shape index (κ1) is 18.4. The standard InChI is InChI=1S/C16H33NO2/c1-5-6-7-8-13-19-15(18)10-9-14(11-12-17)16(2,3)4/h14H,5-13,17H2,1-4H3. The van der Waals surface area contributed by atoms with Gasteiger partial charge in [-0.1, -0.05) is 47.0 Å². The molecule has 0 saturated heterocycles. The minimum Gasteiger partial charge on any atom is -0.466 e. The molecule has 1 atom stereocenters. The van der Waals surface area contributed by atoms with E-state index >= 15 is 0 Å². The van der Waals surface area contributed by atoms with Crippen LogP contribution in [0.1, 0.15) is 72.6 Å². The normalized spacial score (nSPS) is 13.3. The minimum absolute atomic E-state index is 0.0530. The zero-order valence-corrected chi connectivity index (χ0v) is 13.3. The number of esters is 1. The van der Waals surface area contributed by atoms with Crippen molar-refractivity contribution in [3.05, 3.63) is 0 Å². The molecular weight excluding hydrogens is 238 g/mol. The first-order chi connectivity index (χ1) is 8.91. The summed E-state index contributed by atoms with van der Waals surface area (Å²) in [5.41, 5.74) is 5.85. The van der Waals surface area contributed by atoms with Crippen molar-refractivity contribution in [2.24, 2.45) is 17.1 Å². The first-order valence-electron chi connectivity index (χ1n) is 7.77. The monoisotopic (exact) mass is 271 g/mol. The van der Waals surface area contributed by atoms with Gasteiger partial charge < -0.3 is 10.5 Å². The van der Waals surface area contributed by atoms with Crippen LogP contribution in [0.2, 0.25) is 0 Å². The number of carbonyl (C=O) groups excluding carboxylic acids is 1. The fraction of sp³-hybridized carbons (Fsp3) is 0.938. The van der Waals surface area contributed by atoms with Crippen LogP contribution in [-0.4, -0.2) is 19.1 Å². The van der Waals surface area contributed by atoms with Gasteiger partial charge in [-0.2, -0.15) is 0 Å². The average Bonchev–Trinajstić information content (AvgIpc) is 2.32. The lowest BCUT2D eigenvalue weighted by atomic mass is 9.76. The molecule has 0 aromatic rings. The molecule has 0 aliphatic carbocycles. The van der Waals surface area contributed by atoms with Crippen molar-refractivity contribution < 1.29 is 9.53 Å². The van der Waals surface area contributed by atoms with Gasteiger partial charge >= 0.3 is 5.97 Å². The highest BCUT2D eigenvalue weighted by Gasteiger charge is 2.24. The molecular formula is C16H33NO2. The van der Waals surface area contributed by atoms with E-state index < -0.39 is 0 Å². The Morgan fingerprint density at radius 1 is 1.16 bits per heavy atom. The summed E-state index contributed by atoms with van der Waals surface area (Å²) in [7, 11) is 0. The number of hydrogen-bond acceptors (Lipinski definition) is 3. The quantitative estimate of drug-likeness (QED) is 0.484. The van der Waals surface area contributed by atoms with Crippen LogP contribution in [0, 0.1) is 11.3 Å². The van der Waals surface area contributed by atoms with Crippen LogP contribution >= 0.6 is 0 Å². The molecule has 114 valence electrons. The Hall–Kier alpha value is -0.570. The maximum absolute atomic E-state index is 11.7. The van der Waals surface area contributed by atoms with Crippen molar-refractivity contribution in [1.29, 1.82) is 0 Å². The van der Waals surface area contributed by atoms with Crippen LogP contribution < -0.4 is 5.73 Å². The highest BCUT2D eigenvalue weighted by atomic mass is 16.5. The molecule has 0 amide bonds. The van der Waals surface area contributed by atoms with Crippen LogP contribution in [-0.2, 0) is 9.53 Å². The van der Waals surface area contributed by atoms with Crippen molar-refractivity contribution in [3.63, 3.8) is 0 Å². The molecule has 0 aromatic heterocycles. The Morgan fingerprint density at radius 3 is 2.37 bits per heavy atom. The molecule has 0 aromatic carbocycles. The molecule has 19 heavy (non-hydrogen) atoms. The van der Waals surface area contributed by atoms with E-state index in [2.05, 4.69) is 27.7 Å². The molecule has 0 bridgehead atoms. The van der Waals surface area contributed by atoms with Gasteiger partial charge in [-0.3, -0.25) is 4.79 Å². The second-order valence-electron chi connectivity index (χ2n) is 6.46. The van der Waals surface area contributed by atoms with Gasteiger partial charge in [-0.05, 0) is 37.1 Å². The molecule has 3 heteroatoms. The van der Waals surface area contributed by atoms with Crippen molar-refractivity contribution in [1.82, 2.24) is 0 Å². The molecule has 0 rings (SSSR count). The van der Waals surface area contributed by atoms with Gasteiger partial charge in [0.05, 0.1) is 6.61 Å². The minimum atomic E-state index is -0.0530. The van der Waals surface area contributed by atoms with E-state index in [1.165, 1.54) is 12.8 Å². The van der Waals surface area contributed by atoms with E-state index in [0.717, 1.165) is 25.7 Å². The van der Waals surface area contributed by atoms with E-state index in [1.54, 1.807) is 0 Å². The van der Waals surface area contributed by atoms with E-state index in [9.17, 15) is 4.79 Å². The predicted molar refractivity (Wildman–Crippen MR) is 81.0 cm³/mol. The van der Waals surface area contributed by atoms with Crippen LogP contribution in [0.3, 0.4) is 0 Å². The third kappa shape index (κ3) is 9.94. The van der Waals surface area contributed by atoms with Crippen molar-refractivity contribution >= 4 is 5.97 Å². The number of rotatable bonds is 10. The smallest absolute Gasteiger partial charge is 0.305 e. The van der Waals surface area contributed by atoms with E-state index in [-0.39, 0.29) is 11.4 Å². The van der Waals surface area contributed by atoms with Gasteiger partial charge in [0.15, 0.2) is 0 Å². The predicted octanol–water partition coefficient (Wildman–Crippen LogP) is 3.90. The van der Waals surface area contributed by atoms with E-state index in [1.807, 2.05) is 0 Å². The van der Waals surface area contributed by atoms with Crippen LogP contribution in [0.15, 0.2) is 0 Å². The zero-order valence-electron chi connectivity index (χ0n) is 13.3. The lowest BCUT2D eigenvalue weighted by Crippen LogP contribution is -2.24. The summed E-state index contributed by atoms with van der Waals surface area (Å²) < 4.78 is 5.26. The highest BCUT2D eigenvalue weighted by Crippen LogP contribution is 2.32. The summed E-state index contributed by atoms with van der Waals surface area (Å²) in [6.07, 6.45) is 6.96. The van der Waals surface area contributed by atoms with Gasteiger partial charge in [0, 0.05) is 6.42 Å². The molecule has 1 unspecified atom stereocenters. The molecule has 3 nitrogen and oxygen atoms in total. The van der Waals surface area contributed by atoms with Gasteiger partial charge in [-0.25, -0.2) is 0 Å². The highest BCUT2D eigenvalue weighted by molar-refractivity contribution is 5.69. The van der Waals surface area contributed by atoms with Crippen LogP contribution in [0.5, 0.6) is 0 Å². The Kier molecular flexibility index (Phi) is 9.94. The third-order valence-corrected chi connectivity index (χ3v) is 3.70. The molecule has 0 spiro atoms. The average molecular weight is 271 g/mol. The molecule has 0 heterocycles. The fourth-order valence-corrected chi connectivity index (χ4v) is 2.29. The van der Waals surface area contributed by atoms with Crippen molar-refractivity contribution in [3.8, 4) is 0 Å². The molecule has 0 aliphatic rings. The number of carbonyl (C=O) groups is 1. The molecule has 0 radical (unpaired) electrons. The van der Waals surface area contributed by atoms with Crippen molar-refractivity contribution in [2.75, 3.05) is 13.2 Å². The SMILES string of the molecule is CCCCCCOC(=O)CCC(CCN)C(C)(C)C. The molecule has 0 saturated carbocycles. The summed E-state index contributed by atoms with van der Waals surface area (Å²) in [4.78, 5) is 11.7. The Bertz CT molecular complexity index is 233. The number of ether oxygens (including phenoxy) is 1. The van der Waals surface area contributed by atoms with E-state index in [0.29, 0.717) is 25.5 Å². The number of nitrogens with two attached hydrogens (primary N) is 1. The lowest BCUT2D eigenvalue weighted by molar-refractivity contribution is -0.144. The van der Waals surface area contributed by atoms with Crippen LogP contribution in [0.4, 0.5) is 0 Å². The maximum Gasteiger partial charge on any atom is 0.305 e. The van der Waals surface area contributed by atoms with Gasteiger partial charge in [0.1, 0.15) is 0 Å². The summed E-state index contributed by atoms with van der Waals surface area (Å²) in [6, 6.07) is 0. The van der Waals surface area contributed by atoms with E-state index in [4.69, 9.17) is 10.5 Å². The Balaban J connectivity index is 3.80. The second-order valence-corrected chi connectivity index (χ2v) is 6.46. The number of hydrogen-bond donors (Lipinski definition) is 1. The zero-order chi connectivity index (χ0) is 14.7. The van der Waals surface area contributed by atoms with Gasteiger partial charge in [0.25, 0.3) is 0 Å². The third-order valence-electron chi connectivity index (χ3n) is 3.70. The van der Waals surface area contributed by atoms with Crippen molar-refractivity contribution in [2.45, 2.75) is 72.6 Å². The molecule has 0 fully saturated rings. The topological polar surface area (TPSA) is 52.3 Å². The van der Waals surface area contributed by atoms with Gasteiger partial charge in [0.2, 0.25) is 0 Å². The Morgan fingerprint density at radius 2 is 1.84 bits per heavy atom. The lowest BCUT2D eigenvalue weighted by Gasteiger charge is -2.30. The summed E-state index contributed by atoms with van der Waals surface area (Å²) >= 11 is 0. The molecule has 2 N–H and O–H groups in total. The largest absolute Gasteiger partial charge is 0.466 e. The number of unbranched alkanes of at least 4 members (excludes halogenated alkanes) is 3. The maximum atomic E-state index is 11.7. The fourth-order valence-electron chi connectivity index (χ4n) is 2.29. The Labute approximate surface area is 119 Å².